The monoisotopic (exact) mass is 176 g/mol. The molecule has 0 spiro atoms. The molecule has 0 saturated carbocycles. The van der Waals surface area contributed by atoms with E-state index >= 15 is 0 Å². The summed E-state index contributed by atoms with van der Waals surface area (Å²) in [6, 6.07) is 0. The molecule has 0 rings (SSSR count). The molecule has 1 atom stereocenters. The zero-order valence-corrected chi connectivity index (χ0v) is 6.49. The van der Waals surface area contributed by atoms with Crippen molar-refractivity contribution in [2.24, 2.45) is 5.73 Å². The number of amides is 2. The molecule has 0 aliphatic carbocycles. The summed E-state index contributed by atoms with van der Waals surface area (Å²) >= 11 is 0. The number of hydrogen-bond acceptors (Lipinski definition) is 4. The van der Waals surface area contributed by atoms with Gasteiger partial charge in [-0.1, -0.05) is 0 Å². The molecular weight excluding hydrogens is 164 g/mol. The first kappa shape index (κ1) is 10.9. The standard InChI is InChI=1S/C6H12N2O4/c7-5(11)1-6(12)8-2-4(10)3-9/h4,9-10H,1-3H2,(H2,7,11)(H,8,12). The van der Waals surface area contributed by atoms with Crippen molar-refractivity contribution < 1.29 is 19.8 Å². The van der Waals surface area contributed by atoms with Crippen LogP contribution in [0.1, 0.15) is 6.42 Å². The van der Waals surface area contributed by atoms with Crippen LogP contribution >= 0.6 is 0 Å². The van der Waals surface area contributed by atoms with Gasteiger partial charge in [-0.15, -0.1) is 0 Å². The van der Waals surface area contributed by atoms with Crippen LogP contribution in [0.4, 0.5) is 0 Å². The predicted molar refractivity (Wildman–Crippen MR) is 39.9 cm³/mol. The molecule has 0 bridgehead atoms. The molecule has 2 amide bonds. The zero-order valence-electron chi connectivity index (χ0n) is 6.49. The number of primary amides is 1. The van der Waals surface area contributed by atoms with Crippen LogP contribution in [-0.4, -0.2) is 41.3 Å². The number of aliphatic hydroxyl groups is 2. The van der Waals surface area contributed by atoms with Crippen molar-refractivity contribution in [3.63, 3.8) is 0 Å². The van der Waals surface area contributed by atoms with Gasteiger partial charge in [0.25, 0.3) is 0 Å². The van der Waals surface area contributed by atoms with E-state index in [9.17, 15) is 9.59 Å². The molecule has 5 N–H and O–H groups in total. The number of hydrogen-bond donors (Lipinski definition) is 4. The quantitative estimate of drug-likeness (QED) is 0.342. The second kappa shape index (κ2) is 5.50. The van der Waals surface area contributed by atoms with E-state index in [0.717, 1.165) is 0 Å². The first-order valence-corrected chi connectivity index (χ1v) is 3.40. The highest BCUT2D eigenvalue weighted by Gasteiger charge is 2.07. The second-order valence-corrected chi connectivity index (χ2v) is 2.28. The van der Waals surface area contributed by atoms with Crippen molar-refractivity contribution in [1.82, 2.24) is 5.32 Å². The van der Waals surface area contributed by atoms with E-state index in [1.165, 1.54) is 0 Å². The van der Waals surface area contributed by atoms with Crippen LogP contribution in [0.5, 0.6) is 0 Å². The summed E-state index contributed by atoms with van der Waals surface area (Å²) in [5.74, 6) is -1.29. The summed E-state index contributed by atoms with van der Waals surface area (Å²) in [6.45, 7) is -0.514. The molecule has 0 fully saturated rings. The lowest BCUT2D eigenvalue weighted by Crippen LogP contribution is -2.35. The molecule has 0 radical (unpaired) electrons. The van der Waals surface area contributed by atoms with Crippen molar-refractivity contribution >= 4 is 11.8 Å². The number of carbonyl (C=O) groups is 2. The Bertz CT molecular complexity index is 171. The average Bonchev–Trinajstić information content (AvgIpc) is 1.99. The number of carbonyl (C=O) groups excluding carboxylic acids is 2. The second-order valence-electron chi connectivity index (χ2n) is 2.28. The fraction of sp³-hybridized carbons (Fsp3) is 0.667. The Kier molecular flexibility index (Phi) is 4.98. The van der Waals surface area contributed by atoms with E-state index in [4.69, 9.17) is 15.9 Å². The highest BCUT2D eigenvalue weighted by molar-refractivity contribution is 5.95. The van der Waals surface area contributed by atoms with Gasteiger partial charge in [-0.3, -0.25) is 9.59 Å². The summed E-state index contributed by atoms with van der Waals surface area (Å²) < 4.78 is 0. The molecule has 12 heavy (non-hydrogen) atoms. The summed E-state index contributed by atoms with van der Waals surface area (Å²) in [7, 11) is 0. The average molecular weight is 176 g/mol. The van der Waals surface area contributed by atoms with Gasteiger partial charge in [-0.2, -0.15) is 0 Å². The first-order chi connectivity index (χ1) is 5.56. The Hall–Kier alpha value is -1.14. The normalized spacial score (nSPS) is 12.2. The zero-order chi connectivity index (χ0) is 9.56. The van der Waals surface area contributed by atoms with Crippen LogP contribution in [0.3, 0.4) is 0 Å². The van der Waals surface area contributed by atoms with Gasteiger partial charge in [-0.25, -0.2) is 0 Å². The molecule has 6 nitrogen and oxygen atoms in total. The Morgan fingerprint density at radius 3 is 2.50 bits per heavy atom. The number of rotatable bonds is 5. The maximum absolute atomic E-state index is 10.7. The Morgan fingerprint density at radius 1 is 1.50 bits per heavy atom. The van der Waals surface area contributed by atoms with Gasteiger partial charge < -0.3 is 21.3 Å². The van der Waals surface area contributed by atoms with Crippen LogP contribution in [0.15, 0.2) is 0 Å². The molecule has 0 aliphatic rings. The molecule has 0 heterocycles. The molecule has 0 aromatic heterocycles. The van der Waals surface area contributed by atoms with Crippen molar-refractivity contribution in [3.8, 4) is 0 Å². The minimum atomic E-state index is -0.998. The van der Waals surface area contributed by atoms with Crippen LogP contribution in [-0.2, 0) is 9.59 Å². The number of aliphatic hydroxyl groups excluding tert-OH is 2. The van der Waals surface area contributed by atoms with Gasteiger partial charge in [0.2, 0.25) is 11.8 Å². The third kappa shape index (κ3) is 5.63. The maximum Gasteiger partial charge on any atom is 0.229 e. The van der Waals surface area contributed by atoms with Crippen LogP contribution in [0.2, 0.25) is 0 Å². The van der Waals surface area contributed by atoms with E-state index in [1.54, 1.807) is 0 Å². The molecule has 1 unspecified atom stereocenters. The SMILES string of the molecule is NC(=O)CC(=O)NCC(O)CO. The topological polar surface area (TPSA) is 113 Å². The highest BCUT2D eigenvalue weighted by atomic mass is 16.3. The van der Waals surface area contributed by atoms with E-state index < -0.39 is 30.9 Å². The Balaban J connectivity index is 3.50. The van der Waals surface area contributed by atoms with Crippen LogP contribution in [0, 0.1) is 0 Å². The molecule has 0 saturated heterocycles. The lowest BCUT2D eigenvalue weighted by molar-refractivity contribution is -0.128. The van der Waals surface area contributed by atoms with Gasteiger partial charge in [0.1, 0.15) is 6.42 Å². The van der Waals surface area contributed by atoms with Crippen LogP contribution in [0.25, 0.3) is 0 Å². The van der Waals surface area contributed by atoms with Gasteiger partial charge >= 0.3 is 0 Å². The third-order valence-corrected chi connectivity index (χ3v) is 1.08. The van der Waals surface area contributed by atoms with E-state index in [1.807, 2.05) is 0 Å². The molecular formula is C6H12N2O4. The van der Waals surface area contributed by atoms with Crippen molar-refractivity contribution in [2.75, 3.05) is 13.2 Å². The van der Waals surface area contributed by atoms with Gasteiger partial charge in [0.05, 0.1) is 12.7 Å². The molecule has 0 aromatic carbocycles. The lowest BCUT2D eigenvalue weighted by Gasteiger charge is -2.07. The predicted octanol–water partition coefficient (Wildman–Crippen LogP) is -2.67. The molecule has 0 aromatic rings. The summed E-state index contributed by atoms with van der Waals surface area (Å²) in [5.41, 5.74) is 4.72. The lowest BCUT2D eigenvalue weighted by atomic mass is 10.3. The Morgan fingerprint density at radius 2 is 2.08 bits per heavy atom. The van der Waals surface area contributed by atoms with Crippen LogP contribution < -0.4 is 11.1 Å². The van der Waals surface area contributed by atoms with E-state index in [-0.39, 0.29) is 6.54 Å². The number of nitrogens with two attached hydrogens (primary N) is 1. The molecule has 70 valence electrons. The minimum absolute atomic E-state index is 0.0807. The van der Waals surface area contributed by atoms with E-state index in [2.05, 4.69) is 5.32 Å². The Labute approximate surface area is 69.4 Å². The largest absolute Gasteiger partial charge is 0.394 e. The van der Waals surface area contributed by atoms with Crippen molar-refractivity contribution in [1.29, 1.82) is 0 Å². The minimum Gasteiger partial charge on any atom is -0.394 e. The van der Waals surface area contributed by atoms with Gasteiger partial charge in [-0.05, 0) is 0 Å². The summed E-state index contributed by atoms with van der Waals surface area (Å²) in [6.07, 6.45) is -1.40. The molecule has 0 aliphatic heterocycles. The van der Waals surface area contributed by atoms with Crippen molar-refractivity contribution in [3.05, 3.63) is 0 Å². The number of nitrogens with one attached hydrogen (secondary N) is 1. The van der Waals surface area contributed by atoms with E-state index in [0.29, 0.717) is 0 Å². The van der Waals surface area contributed by atoms with Crippen molar-refractivity contribution in [2.45, 2.75) is 12.5 Å². The van der Waals surface area contributed by atoms with Gasteiger partial charge in [0.15, 0.2) is 0 Å². The third-order valence-electron chi connectivity index (χ3n) is 1.08. The maximum atomic E-state index is 10.7. The molecule has 6 heteroatoms. The first-order valence-electron chi connectivity index (χ1n) is 3.40. The van der Waals surface area contributed by atoms with Gasteiger partial charge in [0, 0.05) is 6.54 Å². The summed E-state index contributed by atoms with van der Waals surface area (Å²) in [5, 5.41) is 19.3. The fourth-order valence-corrected chi connectivity index (χ4v) is 0.517. The smallest absolute Gasteiger partial charge is 0.229 e. The summed E-state index contributed by atoms with van der Waals surface area (Å²) in [4.78, 5) is 20.8. The fourth-order valence-electron chi connectivity index (χ4n) is 0.517. The highest BCUT2D eigenvalue weighted by Crippen LogP contribution is 1.80.